The van der Waals surface area contributed by atoms with Crippen molar-refractivity contribution in [3.8, 4) is 0 Å². The van der Waals surface area contributed by atoms with Crippen LogP contribution in [0.1, 0.15) is 119 Å². The second-order valence-electron chi connectivity index (χ2n) is 17.4. The number of nitrogens with one attached hydrogen (secondary N) is 4. The molecule has 4 rings (SSSR count). The highest BCUT2D eigenvalue weighted by Gasteiger charge is 2.47. The molecule has 0 aromatic carbocycles. The summed E-state index contributed by atoms with van der Waals surface area (Å²) >= 11 is 0. The minimum absolute atomic E-state index is 0.0450. The van der Waals surface area contributed by atoms with Gasteiger partial charge in [-0.05, 0) is 60.7 Å². The van der Waals surface area contributed by atoms with Crippen LogP contribution < -0.4 is 21.3 Å². The van der Waals surface area contributed by atoms with Crippen molar-refractivity contribution in [3.05, 3.63) is 12.7 Å². The maximum absolute atomic E-state index is 14.5. The third kappa shape index (κ3) is 10.3. The second-order valence-corrected chi connectivity index (χ2v) is 17.4. The molecule has 4 aliphatic rings. The van der Waals surface area contributed by atoms with Crippen molar-refractivity contribution in [2.75, 3.05) is 26.2 Å². The first kappa shape index (κ1) is 39.3. The quantitative estimate of drug-likeness (QED) is 0.160. The van der Waals surface area contributed by atoms with E-state index in [4.69, 9.17) is 0 Å². The molecule has 2 aliphatic heterocycles. The summed E-state index contributed by atoms with van der Waals surface area (Å²) in [6.45, 7) is 17.4. The van der Waals surface area contributed by atoms with E-state index in [9.17, 15) is 28.8 Å². The third-order valence-corrected chi connectivity index (χ3v) is 11.4. The van der Waals surface area contributed by atoms with Crippen LogP contribution in [0.2, 0.25) is 0 Å². The molecule has 280 valence electrons. The van der Waals surface area contributed by atoms with Crippen LogP contribution in [0.5, 0.6) is 0 Å². The van der Waals surface area contributed by atoms with Gasteiger partial charge in [-0.25, -0.2) is 4.79 Å². The molecule has 2 aliphatic carbocycles. The molecule has 1 unspecified atom stereocenters. The van der Waals surface area contributed by atoms with E-state index in [0.29, 0.717) is 45.3 Å². The van der Waals surface area contributed by atoms with E-state index < -0.39 is 47.2 Å². The minimum atomic E-state index is -0.972. The Morgan fingerprint density at radius 1 is 0.920 bits per heavy atom. The van der Waals surface area contributed by atoms with Crippen LogP contribution in [0.15, 0.2) is 12.7 Å². The molecule has 0 spiro atoms. The highest BCUT2D eigenvalue weighted by Crippen LogP contribution is 2.40. The Hall–Kier alpha value is -3.44. The summed E-state index contributed by atoms with van der Waals surface area (Å²) < 4.78 is 0. The molecule has 6 amide bonds. The highest BCUT2D eigenvalue weighted by atomic mass is 16.2. The molecule has 0 aromatic heterocycles. The minimum Gasteiger partial charge on any atom is -0.346 e. The van der Waals surface area contributed by atoms with E-state index in [0.717, 1.165) is 51.4 Å². The topological polar surface area (TPSA) is 157 Å². The van der Waals surface area contributed by atoms with Crippen LogP contribution in [-0.4, -0.2) is 95.6 Å². The largest absolute Gasteiger partial charge is 0.346 e. The summed E-state index contributed by atoms with van der Waals surface area (Å²) in [6.07, 6.45) is 10.6. The molecule has 4 atom stereocenters. The van der Waals surface area contributed by atoms with E-state index >= 15 is 0 Å². The van der Waals surface area contributed by atoms with Gasteiger partial charge in [-0.15, -0.1) is 6.58 Å². The van der Waals surface area contributed by atoms with Gasteiger partial charge < -0.3 is 31.1 Å². The van der Waals surface area contributed by atoms with Crippen LogP contribution >= 0.6 is 0 Å². The fourth-order valence-electron chi connectivity index (χ4n) is 7.70. The predicted octanol–water partition coefficient (Wildman–Crippen LogP) is 3.84. The standard InChI is InChI=1S/C38H62N6O6/c1-8-19-39-33(48)30(46)26(22-25-14-15-25)40-32(47)27-13-12-20-44(27)34(49)31(38(7)16-10-9-11-17-38)42-35(50)41-28(36(2,3)4)24-43-21-18-37(5,6)23-29(43)45/h8,25-28,31H,1,9-24H2,2-7H3,(H,39,48)(H,40,47)(H2,41,42,50)/t26?,27-,28+,31+/m0/s1. The summed E-state index contributed by atoms with van der Waals surface area (Å²) in [5.74, 6) is -1.87. The summed E-state index contributed by atoms with van der Waals surface area (Å²) in [5.41, 5.74) is -0.930. The fourth-order valence-corrected chi connectivity index (χ4v) is 7.70. The van der Waals surface area contributed by atoms with E-state index in [1.807, 2.05) is 32.6 Å². The Morgan fingerprint density at radius 3 is 2.20 bits per heavy atom. The van der Waals surface area contributed by atoms with Crippen molar-refractivity contribution in [1.82, 2.24) is 31.1 Å². The number of Topliss-reactive ketones (excluding diaryl/α,β-unsaturated/α-hetero) is 1. The van der Waals surface area contributed by atoms with Crippen LogP contribution in [0, 0.1) is 22.2 Å². The molecular formula is C38H62N6O6. The SMILES string of the molecule is C=CCNC(=O)C(=O)C(CC1CC1)NC(=O)[C@@H]1CCCN1C(=O)[C@@H](NC(=O)N[C@H](CN1CCC(C)(C)CC1=O)C(C)(C)C)C1(C)CCCCC1. The molecule has 12 heteroatoms. The van der Waals surface area contributed by atoms with Crippen molar-refractivity contribution < 1.29 is 28.8 Å². The van der Waals surface area contributed by atoms with Gasteiger partial charge in [-0.2, -0.15) is 0 Å². The molecule has 4 N–H and O–H groups in total. The molecule has 4 fully saturated rings. The van der Waals surface area contributed by atoms with Gasteiger partial charge >= 0.3 is 6.03 Å². The molecule has 0 bridgehead atoms. The number of rotatable bonds is 14. The number of likely N-dealkylation sites (tertiary alicyclic amines) is 2. The number of carbonyl (C=O) groups is 6. The Balaban J connectivity index is 1.49. The lowest BCUT2D eigenvalue weighted by atomic mass is 9.70. The van der Waals surface area contributed by atoms with Gasteiger partial charge in [0, 0.05) is 32.6 Å². The number of amides is 6. The Bertz CT molecular complexity index is 1300. The predicted molar refractivity (Wildman–Crippen MR) is 192 cm³/mol. The monoisotopic (exact) mass is 698 g/mol. The number of urea groups is 1. The Kier molecular flexibility index (Phi) is 12.8. The molecule has 12 nitrogen and oxygen atoms in total. The second kappa shape index (κ2) is 16.3. The lowest BCUT2D eigenvalue weighted by Crippen LogP contribution is -2.63. The summed E-state index contributed by atoms with van der Waals surface area (Å²) in [4.78, 5) is 84.2. The number of nitrogens with zero attached hydrogens (tertiary/aromatic N) is 2. The number of hydrogen-bond acceptors (Lipinski definition) is 6. The normalized spacial score (nSPS) is 23.6. The molecule has 0 aromatic rings. The fraction of sp³-hybridized carbons (Fsp3) is 0.789. The number of carbonyl (C=O) groups excluding carboxylic acids is 6. The average Bonchev–Trinajstić information content (AvgIpc) is 3.72. The maximum atomic E-state index is 14.5. The first-order valence-electron chi connectivity index (χ1n) is 18.8. The molecule has 2 heterocycles. The molecule has 0 radical (unpaired) electrons. The molecule has 50 heavy (non-hydrogen) atoms. The van der Waals surface area contributed by atoms with Gasteiger partial charge in [0.05, 0.1) is 12.1 Å². The van der Waals surface area contributed by atoms with Gasteiger partial charge in [-0.3, -0.25) is 24.0 Å². The Morgan fingerprint density at radius 2 is 1.60 bits per heavy atom. The highest BCUT2D eigenvalue weighted by molar-refractivity contribution is 6.38. The van der Waals surface area contributed by atoms with Crippen LogP contribution in [-0.2, 0) is 24.0 Å². The summed E-state index contributed by atoms with van der Waals surface area (Å²) in [7, 11) is 0. The van der Waals surface area contributed by atoms with Gasteiger partial charge in [0.2, 0.25) is 23.5 Å². The van der Waals surface area contributed by atoms with Gasteiger partial charge in [0.15, 0.2) is 0 Å². The zero-order valence-corrected chi connectivity index (χ0v) is 31.3. The van der Waals surface area contributed by atoms with Gasteiger partial charge in [0.1, 0.15) is 12.1 Å². The number of ketones is 1. The summed E-state index contributed by atoms with van der Waals surface area (Å²) in [5, 5.41) is 11.5. The van der Waals surface area contributed by atoms with Gasteiger partial charge in [0.25, 0.3) is 5.91 Å². The van der Waals surface area contributed by atoms with E-state index in [1.165, 1.54) is 6.08 Å². The zero-order valence-electron chi connectivity index (χ0n) is 31.3. The first-order chi connectivity index (χ1) is 23.4. The molecular weight excluding hydrogens is 636 g/mol. The molecule has 2 saturated heterocycles. The number of piperidine rings is 1. The van der Waals surface area contributed by atoms with Crippen molar-refractivity contribution in [3.63, 3.8) is 0 Å². The van der Waals surface area contributed by atoms with Crippen molar-refractivity contribution in [2.45, 2.75) is 143 Å². The van der Waals surface area contributed by atoms with Crippen LogP contribution in [0.25, 0.3) is 0 Å². The van der Waals surface area contributed by atoms with E-state index in [2.05, 4.69) is 41.7 Å². The zero-order chi connectivity index (χ0) is 36.9. The van der Waals surface area contributed by atoms with E-state index in [1.54, 1.807) is 4.90 Å². The third-order valence-electron chi connectivity index (χ3n) is 11.4. The Labute approximate surface area is 298 Å². The van der Waals surface area contributed by atoms with Crippen LogP contribution in [0.3, 0.4) is 0 Å². The maximum Gasteiger partial charge on any atom is 0.315 e. The van der Waals surface area contributed by atoms with Crippen molar-refractivity contribution in [2.24, 2.45) is 22.2 Å². The number of hydrogen-bond donors (Lipinski definition) is 4. The summed E-state index contributed by atoms with van der Waals surface area (Å²) in [6, 6.07) is -3.49. The smallest absolute Gasteiger partial charge is 0.315 e. The van der Waals surface area contributed by atoms with Crippen molar-refractivity contribution >= 4 is 35.4 Å². The average molecular weight is 699 g/mol. The van der Waals surface area contributed by atoms with Crippen molar-refractivity contribution in [1.29, 1.82) is 0 Å². The molecule has 2 saturated carbocycles. The lowest BCUT2D eigenvalue weighted by Gasteiger charge is -2.43. The van der Waals surface area contributed by atoms with E-state index in [-0.39, 0.29) is 41.1 Å². The first-order valence-corrected chi connectivity index (χ1v) is 18.8. The lowest BCUT2D eigenvalue weighted by molar-refractivity contribution is -0.144. The van der Waals surface area contributed by atoms with Crippen LogP contribution in [0.4, 0.5) is 4.79 Å². The van der Waals surface area contributed by atoms with Gasteiger partial charge in [-0.1, -0.05) is 79.7 Å².